The van der Waals surface area contributed by atoms with Crippen LogP contribution in [0.2, 0.25) is 0 Å². The van der Waals surface area contributed by atoms with Gasteiger partial charge in [-0.25, -0.2) is 4.98 Å². The molecule has 152 valence electrons. The first-order valence-electron chi connectivity index (χ1n) is 10.5. The number of imidazole rings is 1. The largest absolute Gasteiger partial charge is 0.379 e. The van der Waals surface area contributed by atoms with Crippen LogP contribution >= 0.6 is 0 Å². The Labute approximate surface area is 166 Å². The number of fused-ring (bicyclic) bond motifs is 1. The van der Waals surface area contributed by atoms with Crippen LogP contribution in [0.5, 0.6) is 0 Å². The van der Waals surface area contributed by atoms with Crippen LogP contribution in [0.3, 0.4) is 0 Å². The Kier molecular flexibility index (Phi) is 6.12. The molecule has 1 amide bonds. The van der Waals surface area contributed by atoms with E-state index in [1.165, 1.54) is 5.56 Å². The van der Waals surface area contributed by atoms with Crippen molar-refractivity contribution in [3.05, 3.63) is 23.8 Å². The lowest BCUT2D eigenvalue weighted by Crippen LogP contribution is -2.44. The standard InChI is InChI=1S/C21H31N5O2/c1-16-5-6-18-19(14-16)24-21(23-18)26-9-2-4-17(15-26)20(27)22-7-3-8-25-10-12-28-13-11-25/h5-6,14,17H,2-4,7-13,15H2,1H3,(H,22,27)(H,23,24)/t17-/m1/s1. The molecule has 1 aromatic carbocycles. The van der Waals surface area contributed by atoms with Crippen molar-refractivity contribution in [2.75, 3.05) is 57.4 Å². The molecule has 7 heteroatoms. The van der Waals surface area contributed by atoms with Gasteiger partial charge in [0.05, 0.1) is 30.2 Å². The molecular formula is C21H31N5O2. The minimum Gasteiger partial charge on any atom is -0.379 e. The summed E-state index contributed by atoms with van der Waals surface area (Å²) in [6, 6.07) is 6.25. The van der Waals surface area contributed by atoms with Crippen LogP contribution in [0, 0.1) is 12.8 Å². The van der Waals surface area contributed by atoms with Gasteiger partial charge in [0.15, 0.2) is 0 Å². The Morgan fingerprint density at radius 2 is 2.18 bits per heavy atom. The number of carbonyl (C=O) groups excluding carboxylic acids is 1. The first-order chi connectivity index (χ1) is 13.7. The summed E-state index contributed by atoms with van der Waals surface area (Å²) in [4.78, 5) is 25.4. The molecule has 2 aromatic rings. The van der Waals surface area contributed by atoms with Gasteiger partial charge in [0, 0.05) is 32.7 Å². The van der Waals surface area contributed by atoms with Crippen LogP contribution in [0.25, 0.3) is 11.0 Å². The SMILES string of the molecule is Cc1ccc2nc(N3CCC[C@@H](C(=O)NCCCN4CCOCC4)C3)[nH]c2c1. The molecule has 3 heterocycles. The molecule has 4 rings (SSSR count). The number of H-pyrrole nitrogens is 1. The van der Waals surface area contributed by atoms with Crippen molar-refractivity contribution in [3.63, 3.8) is 0 Å². The third-order valence-electron chi connectivity index (χ3n) is 5.77. The van der Waals surface area contributed by atoms with Crippen LogP contribution in [0.1, 0.15) is 24.8 Å². The van der Waals surface area contributed by atoms with Crippen molar-refractivity contribution in [1.29, 1.82) is 0 Å². The molecule has 0 saturated carbocycles. The highest BCUT2D eigenvalue weighted by atomic mass is 16.5. The third-order valence-corrected chi connectivity index (χ3v) is 5.77. The van der Waals surface area contributed by atoms with Gasteiger partial charge in [0.1, 0.15) is 0 Å². The number of aryl methyl sites for hydroxylation is 1. The average molecular weight is 386 g/mol. The second kappa shape index (κ2) is 8.92. The monoisotopic (exact) mass is 385 g/mol. The lowest BCUT2D eigenvalue weighted by molar-refractivity contribution is -0.125. The van der Waals surface area contributed by atoms with Gasteiger partial charge in [-0.1, -0.05) is 6.07 Å². The fourth-order valence-electron chi connectivity index (χ4n) is 4.13. The number of nitrogens with zero attached hydrogens (tertiary/aromatic N) is 3. The Bertz CT molecular complexity index is 799. The number of nitrogens with one attached hydrogen (secondary N) is 2. The first kappa shape index (κ1) is 19.2. The molecule has 0 unspecified atom stereocenters. The number of carbonyl (C=O) groups is 1. The number of ether oxygens (including phenoxy) is 1. The summed E-state index contributed by atoms with van der Waals surface area (Å²) in [7, 11) is 0. The molecule has 1 aromatic heterocycles. The summed E-state index contributed by atoms with van der Waals surface area (Å²) in [5, 5.41) is 3.14. The molecule has 2 saturated heterocycles. The maximum absolute atomic E-state index is 12.6. The zero-order valence-electron chi connectivity index (χ0n) is 16.7. The van der Waals surface area contributed by atoms with E-state index in [1.54, 1.807) is 0 Å². The quantitative estimate of drug-likeness (QED) is 0.744. The summed E-state index contributed by atoms with van der Waals surface area (Å²) in [6.07, 6.45) is 2.96. The zero-order valence-corrected chi connectivity index (χ0v) is 16.7. The summed E-state index contributed by atoms with van der Waals surface area (Å²) in [5.41, 5.74) is 3.26. The van der Waals surface area contributed by atoms with Gasteiger partial charge in [0.2, 0.25) is 11.9 Å². The first-order valence-corrected chi connectivity index (χ1v) is 10.5. The summed E-state index contributed by atoms with van der Waals surface area (Å²) in [6.45, 7) is 9.19. The number of rotatable bonds is 6. The number of aromatic amines is 1. The van der Waals surface area contributed by atoms with Gasteiger partial charge in [-0.2, -0.15) is 0 Å². The Morgan fingerprint density at radius 1 is 1.32 bits per heavy atom. The molecule has 2 fully saturated rings. The van der Waals surface area contributed by atoms with Crippen LogP contribution in [-0.2, 0) is 9.53 Å². The predicted octanol–water partition coefficient (Wildman–Crippen LogP) is 1.93. The molecule has 0 radical (unpaired) electrons. The number of piperidine rings is 1. The molecule has 2 aliphatic heterocycles. The lowest BCUT2D eigenvalue weighted by Gasteiger charge is -2.32. The van der Waals surface area contributed by atoms with Crippen molar-refractivity contribution in [3.8, 4) is 0 Å². The highest BCUT2D eigenvalue weighted by Crippen LogP contribution is 2.24. The number of hydrogen-bond donors (Lipinski definition) is 2. The van der Waals surface area contributed by atoms with Crippen molar-refractivity contribution in [2.24, 2.45) is 5.92 Å². The fourth-order valence-corrected chi connectivity index (χ4v) is 4.13. The van der Waals surface area contributed by atoms with Gasteiger partial charge in [-0.15, -0.1) is 0 Å². The highest BCUT2D eigenvalue weighted by molar-refractivity contribution is 5.80. The number of aromatic nitrogens is 2. The number of anilines is 1. The topological polar surface area (TPSA) is 73.5 Å². The van der Waals surface area contributed by atoms with E-state index in [0.717, 1.165) is 88.7 Å². The molecule has 7 nitrogen and oxygen atoms in total. The van der Waals surface area contributed by atoms with Gasteiger partial charge in [0.25, 0.3) is 0 Å². The van der Waals surface area contributed by atoms with E-state index in [9.17, 15) is 4.79 Å². The fraction of sp³-hybridized carbons (Fsp3) is 0.619. The van der Waals surface area contributed by atoms with Gasteiger partial charge in [-0.05, 0) is 50.4 Å². The minimum atomic E-state index is 0.0343. The van der Waals surface area contributed by atoms with E-state index in [0.29, 0.717) is 0 Å². The number of amides is 1. The van der Waals surface area contributed by atoms with E-state index in [1.807, 2.05) is 6.07 Å². The average Bonchev–Trinajstić information content (AvgIpc) is 3.15. The van der Waals surface area contributed by atoms with E-state index in [-0.39, 0.29) is 11.8 Å². The van der Waals surface area contributed by atoms with Crippen molar-refractivity contribution >= 4 is 22.9 Å². The second-order valence-electron chi connectivity index (χ2n) is 7.96. The molecule has 2 aliphatic rings. The number of hydrogen-bond acceptors (Lipinski definition) is 5. The Hall–Kier alpha value is -2.12. The molecule has 0 aliphatic carbocycles. The van der Waals surface area contributed by atoms with Crippen molar-refractivity contribution in [1.82, 2.24) is 20.2 Å². The minimum absolute atomic E-state index is 0.0343. The Balaban J connectivity index is 1.27. The van der Waals surface area contributed by atoms with Gasteiger partial charge >= 0.3 is 0 Å². The third kappa shape index (κ3) is 4.64. The van der Waals surface area contributed by atoms with Gasteiger partial charge < -0.3 is 19.9 Å². The number of morpholine rings is 1. The molecular weight excluding hydrogens is 354 g/mol. The smallest absolute Gasteiger partial charge is 0.224 e. The molecule has 1 atom stereocenters. The summed E-state index contributed by atoms with van der Waals surface area (Å²) < 4.78 is 5.37. The van der Waals surface area contributed by atoms with Crippen molar-refractivity contribution in [2.45, 2.75) is 26.2 Å². The predicted molar refractivity (Wildman–Crippen MR) is 111 cm³/mol. The molecule has 0 spiro atoms. The van der Waals surface area contributed by atoms with Crippen LogP contribution in [0.15, 0.2) is 18.2 Å². The van der Waals surface area contributed by atoms with Crippen LogP contribution in [-0.4, -0.2) is 73.3 Å². The van der Waals surface area contributed by atoms with E-state index >= 15 is 0 Å². The molecule has 0 bridgehead atoms. The second-order valence-corrected chi connectivity index (χ2v) is 7.96. The molecule has 2 N–H and O–H groups in total. The zero-order chi connectivity index (χ0) is 19.3. The maximum atomic E-state index is 12.6. The van der Waals surface area contributed by atoms with Crippen LogP contribution in [0.4, 0.5) is 5.95 Å². The maximum Gasteiger partial charge on any atom is 0.224 e. The highest BCUT2D eigenvalue weighted by Gasteiger charge is 2.27. The molecule has 28 heavy (non-hydrogen) atoms. The normalized spacial score (nSPS) is 21.2. The lowest BCUT2D eigenvalue weighted by atomic mass is 9.97. The van der Waals surface area contributed by atoms with E-state index in [2.05, 4.69) is 39.2 Å². The van der Waals surface area contributed by atoms with E-state index in [4.69, 9.17) is 9.72 Å². The summed E-state index contributed by atoms with van der Waals surface area (Å²) in [5.74, 6) is 1.09. The number of benzene rings is 1. The van der Waals surface area contributed by atoms with Crippen LogP contribution < -0.4 is 10.2 Å². The summed E-state index contributed by atoms with van der Waals surface area (Å²) >= 11 is 0. The van der Waals surface area contributed by atoms with E-state index < -0.39 is 0 Å². The van der Waals surface area contributed by atoms with Gasteiger partial charge in [-0.3, -0.25) is 9.69 Å². The van der Waals surface area contributed by atoms with Crippen molar-refractivity contribution < 1.29 is 9.53 Å². The Morgan fingerprint density at radius 3 is 3.04 bits per heavy atom.